The van der Waals surface area contributed by atoms with Crippen molar-refractivity contribution in [2.24, 2.45) is 5.73 Å². The molecule has 0 saturated carbocycles. The van der Waals surface area contributed by atoms with E-state index in [4.69, 9.17) is 5.73 Å². The van der Waals surface area contributed by atoms with Crippen LogP contribution in [0.5, 0.6) is 0 Å². The Kier molecular flexibility index (Phi) is 2.21. The number of nitrogens with two attached hydrogens (primary N) is 1. The first-order valence-corrected chi connectivity index (χ1v) is 4.79. The van der Waals surface area contributed by atoms with Crippen molar-refractivity contribution in [3.05, 3.63) is 23.3 Å². The lowest BCUT2D eigenvalue weighted by molar-refractivity contribution is 0.957. The van der Waals surface area contributed by atoms with Crippen molar-refractivity contribution in [3.63, 3.8) is 0 Å². The van der Waals surface area contributed by atoms with Crippen LogP contribution in [0.4, 0.5) is 0 Å². The molecule has 2 aromatic heterocycles. The number of rotatable bonds is 2. The van der Waals surface area contributed by atoms with Crippen molar-refractivity contribution in [1.82, 2.24) is 15.0 Å². The molecule has 0 atom stereocenters. The number of hydrogen-bond donors (Lipinski definition) is 2. The van der Waals surface area contributed by atoms with Crippen molar-refractivity contribution in [2.45, 2.75) is 26.8 Å². The summed E-state index contributed by atoms with van der Waals surface area (Å²) in [5.74, 6) is 0.821. The summed E-state index contributed by atoms with van der Waals surface area (Å²) in [7, 11) is 0. The van der Waals surface area contributed by atoms with Gasteiger partial charge in [-0.3, -0.25) is 4.98 Å². The highest BCUT2D eigenvalue weighted by atomic mass is 15.0. The van der Waals surface area contributed by atoms with E-state index in [-0.39, 0.29) is 0 Å². The molecule has 0 aliphatic heterocycles. The zero-order chi connectivity index (χ0) is 10.1. The lowest BCUT2D eigenvalue weighted by Crippen LogP contribution is -1.97. The third kappa shape index (κ3) is 1.28. The third-order valence-corrected chi connectivity index (χ3v) is 2.44. The van der Waals surface area contributed by atoms with Crippen LogP contribution in [-0.4, -0.2) is 15.0 Å². The summed E-state index contributed by atoms with van der Waals surface area (Å²) in [6.45, 7) is 4.56. The van der Waals surface area contributed by atoms with E-state index < -0.39 is 0 Å². The fourth-order valence-electron chi connectivity index (χ4n) is 1.69. The first kappa shape index (κ1) is 9.15. The Bertz CT molecular complexity index is 458. The molecule has 0 amide bonds. The summed E-state index contributed by atoms with van der Waals surface area (Å²) < 4.78 is 0. The second-order valence-electron chi connectivity index (χ2n) is 3.33. The van der Waals surface area contributed by atoms with Crippen LogP contribution in [0.15, 0.2) is 6.20 Å². The molecule has 4 nitrogen and oxygen atoms in total. The van der Waals surface area contributed by atoms with Crippen molar-refractivity contribution in [1.29, 1.82) is 0 Å². The maximum Gasteiger partial charge on any atom is 0.121 e. The quantitative estimate of drug-likeness (QED) is 0.749. The van der Waals surface area contributed by atoms with Crippen LogP contribution in [-0.2, 0) is 13.0 Å². The molecule has 0 radical (unpaired) electrons. The number of nitrogens with one attached hydrogen (secondary N) is 1. The molecule has 2 aromatic rings. The molecular formula is C10H14N4. The van der Waals surface area contributed by atoms with Gasteiger partial charge in [0, 0.05) is 11.3 Å². The Morgan fingerprint density at radius 1 is 1.50 bits per heavy atom. The molecule has 0 aliphatic carbocycles. The Labute approximate surface area is 82.6 Å². The fourth-order valence-corrected chi connectivity index (χ4v) is 1.69. The summed E-state index contributed by atoms with van der Waals surface area (Å²) in [5, 5.41) is 0. The van der Waals surface area contributed by atoms with E-state index in [1.165, 1.54) is 5.56 Å². The number of aromatic amines is 1. The molecule has 2 heterocycles. The van der Waals surface area contributed by atoms with E-state index >= 15 is 0 Å². The largest absolute Gasteiger partial charge is 0.340 e. The zero-order valence-electron chi connectivity index (χ0n) is 8.46. The second-order valence-corrected chi connectivity index (χ2v) is 3.33. The van der Waals surface area contributed by atoms with Crippen LogP contribution in [0.2, 0.25) is 0 Å². The van der Waals surface area contributed by atoms with Crippen LogP contribution in [0, 0.1) is 6.92 Å². The summed E-state index contributed by atoms with van der Waals surface area (Å²) in [4.78, 5) is 11.9. The minimum atomic E-state index is 0.441. The topological polar surface area (TPSA) is 67.6 Å². The zero-order valence-corrected chi connectivity index (χ0v) is 8.46. The highest BCUT2D eigenvalue weighted by Gasteiger charge is 2.08. The fraction of sp³-hybridized carbons (Fsp3) is 0.400. The van der Waals surface area contributed by atoms with E-state index in [0.717, 1.165) is 29.0 Å². The summed E-state index contributed by atoms with van der Waals surface area (Å²) in [6, 6.07) is 0. The number of pyridine rings is 1. The van der Waals surface area contributed by atoms with Gasteiger partial charge in [0.1, 0.15) is 5.82 Å². The number of aryl methyl sites for hydroxylation is 2. The molecule has 0 bridgehead atoms. The number of H-pyrrole nitrogens is 1. The van der Waals surface area contributed by atoms with Crippen LogP contribution in [0.3, 0.4) is 0 Å². The first-order chi connectivity index (χ1) is 6.76. The average Bonchev–Trinajstić information content (AvgIpc) is 2.60. The van der Waals surface area contributed by atoms with Gasteiger partial charge in [-0.15, -0.1) is 0 Å². The maximum absolute atomic E-state index is 5.53. The summed E-state index contributed by atoms with van der Waals surface area (Å²) in [6.07, 6.45) is 2.76. The molecule has 0 aromatic carbocycles. The van der Waals surface area contributed by atoms with Gasteiger partial charge in [-0.1, -0.05) is 6.92 Å². The summed E-state index contributed by atoms with van der Waals surface area (Å²) >= 11 is 0. The number of nitrogens with zero attached hydrogens (tertiary/aromatic N) is 2. The SMILES string of the molecule is CCc1c(C)ncc2[nH]c(CN)nc12. The number of aromatic nitrogens is 3. The van der Waals surface area contributed by atoms with Crippen molar-refractivity contribution in [2.75, 3.05) is 0 Å². The Hall–Kier alpha value is -1.42. The smallest absolute Gasteiger partial charge is 0.121 e. The molecule has 0 unspecified atom stereocenters. The Balaban J connectivity index is 2.73. The average molecular weight is 190 g/mol. The van der Waals surface area contributed by atoms with Gasteiger partial charge in [0.25, 0.3) is 0 Å². The predicted octanol–water partition coefficient (Wildman–Crippen LogP) is 1.29. The normalized spacial score (nSPS) is 11.1. The molecule has 4 heteroatoms. The van der Waals surface area contributed by atoms with Crippen molar-refractivity contribution >= 4 is 11.0 Å². The van der Waals surface area contributed by atoms with E-state index in [0.29, 0.717) is 6.54 Å². The molecule has 3 N–H and O–H groups in total. The molecule has 0 fully saturated rings. The molecule has 0 saturated heterocycles. The number of imidazole rings is 1. The lowest BCUT2D eigenvalue weighted by atomic mass is 10.1. The molecular weight excluding hydrogens is 176 g/mol. The molecule has 0 aliphatic rings. The monoisotopic (exact) mass is 190 g/mol. The molecule has 74 valence electrons. The number of hydrogen-bond acceptors (Lipinski definition) is 3. The third-order valence-electron chi connectivity index (χ3n) is 2.44. The van der Waals surface area contributed by atoms with E-state index in [1.807, 2.05) is 13.1 Å². The molecule has 0 spiro atoms. The van der Waals surface area contributed by atoms with Gasteiger partial charge in [0.15, 0.2) is 0 Å². The van der Waals surface area contributed by atoms with Crippen molar-refractivity contribution in [3.8, 4) is 0 Å². The van der Waals surface area contributed by atoms with Crippen LogP contribution < -0.4 is 5.73 Å². The van der Waals surface area contributed by atoms with Gasteiger partial charge in [-0.05, 0) is 13.3 Å². The van der Waals surface area contributed by atoms with E-state index in [1.54, 1.807) is 0 Å². The van der Waals surface area contributed by atoms with Gasteiger partial charge in [-0.25, -0.2) is 4.98 Å². The minimum absolute atomic E-state index is 0.441. The highest BCUT2D eigenvalue weighted by Crippen LogP contribution is 2.18. The minimum Gasteiger partial charge on any atom is -0.340 e. The van der Waals surface area contributed by atoms with Crippen molar-refractivity contribution < 1.29 is 0 Å². The second kappa shape index (κ2) is 3.38. The molecule has 14 heavy (non-hydrogen) atoms. The van der Waals surface area contributed by atoms with Crippen LogP contribution >= 0.6 is 0 Å². The van der Waals surface area contributed by atoms with E-state index in [9.17, 15) is 0 Å². The van der Waals surface area contributed by atoms with Gasteiger partial charge < -0.3 is 10.7 Å². The maximum atomic E-state index is 5.53. The standard InChI is InChI=1S/C10H14N4/c1-3-7-6(2)12-5-8-10(7)14-9(4-11)13-8/h5H,3-4,11H2,1-2H3,(H,13,14). The van der Waals surface area contributed by atoms with Crippen LogP contribution in [0.25, 0.3) is 11.0 Å². The van der Waals surface area contributed by atoms with Gasteiger partial charge >= 0.3 is 0 Å². The first-order valence-electron chi connectivity index (χ1n) is 4.79. The van der Waals surface area contributed by atoms with Gasteiger partial charge in [0.05, 0.1) is 23.8 Å². The predicted molar refractivity (Wildman–Crippen MR) is 55.9 cm³/mol. The summed E-state index contributed by atoms with van der Waals surface area (Å²) in [5.41, 5.74) is 9.78. The Morgan fingerprint density at radius 3 is 2.93 bits per heavy atom. The lowest BCUT2D eigenvalue weighted by Gasteiger charge is -2.01. The van der Waals surface area contributed by atoms with Crippen LogP contribution in [0.1, 0.15) is 24.0 Å². The Morgan fingerprint density at radius 2 is 2.29 bits per heavy atom. The van der Waals surface area contributed by atoms with E-state index in [2.05, 4.69) is 21.9 Å². The van der Waals surface area contributed by atoms with Gasteiger partial charge in [-0.2, -0.15) is 0 Å². The molecule has 2 rings (SSSR count). The highest BCUT2D eigenvalue weighted by molar-refractivity contribution is 5.78. The number of fused-ring (bicyclic) bond motifs is 1. The van der Waals surface area contributed by atoms with Gasteiger partial charge in [0.2, 0.25) is 0 Å².